The summed E-state index contributed by atoms with van der Waals surface area (Å²) in [5.74, 6) is -10.4. The molecule has 1 aromatic rings. The van der Waals surface area contributed by atoms with Crippen molar-refractivity contribution in [2.75, 3.05) is 5.01 Å². The van der Waals surface area contributed by atoms with E-state index >= 15 is 0 Å². The maximum Gasteiger partial charge on any atom is 0.314 e. The first-order valence-electron chi connectivity index (χ1n) is 5.14. The molecule has 7 N–H and O–H groups in total. The summed E-state index contributed by atoms with van der Waals surface area (Å²) in [6, 6.07) is 0. The van der Waals surface area contributed by atoms with E-state index in [1.165, 1.54) is 0 Å². The molecule has 0 atom stereocenters. The number of hydrogen-bond donors (Lipinski definition) is 7. The number of rotatable bonds is 1. The average molecular weight is 286 g/mol. The Morgan fingerprint density at radius 2 is 1.30 bits per heavy atom. The van der Waals surface area contributed by atoms with Gasteiger partial charge in [0.2, 0.25) is 17.2 Å². The van der Waals surface area contributed by atoms with Crippen LogP contribution in [0.2, 0.25) is 0 Å². The first-order valence-corrected chi connectivity index (χ1v) is 5.14. The van der Waals surface area contributed by atoms with Gasteiger partial charge in [-0.15, -0.1) is 0 Å². The predicted molar refractivity (Wildman–Crippen MR) is 62.5 cm³/mol. The third-order valence-corrected chi connectivity index (χ3v) is 2.80. The van der Waals surface area contributed by atoms with Crippen LogP contribution in [0.1, 0.15) is 6.92 Å². The highest BCUT2D eigenvalue weighted by atomic mass is 16.5. The van der Waals surface area contributed by atoms with Crippen molar-refractivity contribution in [2.45, 2.75) is 12.7 Å². The second kappa shape index (κ2) is 3.88. The van der Waals surface area contributed by atoms with Gasteiger partial charge in [-0.3, -0.25) is 4.79 Å². The van der Waals surface area contributed by atoms with Crippen molar-refractivity contribution in [1.82, 2.24) is 0 Å². The van der Waals surface area contributed by atoms with E-state index in [9.17, 15) is 40.5 Å². The number of carbonyl (C=O) groups excluding carboxylic acids is 1. The van der Waals surface area contributed by atoms with Crippen LogP contribution < -0.4 is 5.01 Å². The average Bonchev–Trinajstić information content (AvgIpc) is 2.58. The molecule has 0 saturated carbocycles. The molecule has 0 spiro atoms. The number of aromatic hydroxyl groups is 5. The zero-order valence-electron chi connectivity index (χ0n) is 9.93. The number of benzene rings is 1. The summed E-state index contributed by atoms with van der Waals surface area (Å²) in [5.41, 5.74) is -1.37. The number of hydrazone groups is 1. The van der Waals surface area contributed by atoms with Gasteiger partial charge in [0.05, 0.1) is 0 Å². The minimum absolute atomic E-state index is 0.179. The van der Waals surface area contributed by atoms with E-state index in [1.54, 1.807) is 0 Å². The summed E-state index contributed by atoms with van der Waals surface area (Å²) in [6.45, 7) is 1.09. The van der Waals surface area contributed by atoms with Crippen molar-refractivity contribution < 1.29 is 40.5 Å². The largest absolute Gasteiger partial charge is 0.503 e. The molecule has 1 heterocycles. The monoisotopic (exact) mass is 286 g/mol. The molecule has 0 radical (unpaired) electrons. The Morgan fingerprint density at radius 3 is 1.65 bits per heavy atom. The van der Waals surface area contributed by atoms with Crippen LogP contribution in [0.4, 0.5) is 5.69 Å². The maximum atomic E-state index is 11.7. The molecule has 1 aromatic carbocycles. The molecule has 0 aromatic heterocycles. The van der Waals surface area contributed by atoms with Crippen molar-refractivity contribution in [3.63, 3.8) is 0 Å². The van der Waals surface area contributed by atoms with E-state index in [0.717, 1.165) is 6.92 Å². The molecule has 10 nitrogen and oxygen atoms in total. The molecule has 0 fully saturated rings. The SMILES string of the molecule is CC1=NN(c2c(O)c(O)c(O)c(O)c2O)C(=O)C1(O)O. The molecule has 0 unspecified atom stereocenters. The molecule has 20 heavy (non-hydrogen) atoms. The zero-order valence-corrected chi connectivity index (χ0v) is 9.93. The lowest BCUT2D eigenvalue weighted by Crippen LogP contribution is -2.45. The molecular weight excluding hydrogens is 276 g/mol. The first kappa shape index (κ1) is 13.7. The number of anilines is 1. The quantitative estimate of drug-likeness (QED) is 0.188. The van der Waals surface area contributed by atoms with E-state index in [0.29, 0.717) is 0 Å². The van der Waals surface area contributed by atoms with Gasteiger partial charge in [0, 0.05) is 0 Å². The van der Waals surface area contributed by atoms with Gasteiger partial charge in [0.25, 0.3) is 5.79 Å². The summed E-state index contributed by atoms with van der Waals surface area (Å²) in [7, 11) is 0. The van der Waals surface area contributed by atoms with Crippen LogP contribution in [0.25, 0.3) is 0 Å². The summed E-state index contributed by atoms with van der Waals surface area (Å²) >= 11 is 0. The van der Waals surface area contributed by atoms with Gasteiger partial charge in [-0.1, -0.05) is 0 Å². The second-order valence-electron chi connectivity index (χ2n) is 4.07. The van der Waals surface area contributed by atoms with E-state index in [-0.39, 0.29) is 5.01 Å². The summed E-state index contributed by atoms with van der Waals surface area (Å²) in [6.07, 6.45) is 0. The number of phenolic OH excluding ortho intramolecular Hbond substituents is 5. The van der Waals surface area contributed by atoms with E-state index in [4.69, 9.17) is 0 Å². The van der Waals surface area contributed by atoms with E-state index < -0.39 is 51.8 Å². The van der Waals surface area contributed by atoms with Gasteiger partial charge in [-0.2, -0.15) is 10.1 Å². The Hall–Kier alpha value is -2.72. The van der Waals surface area contributed by atoms with Gasteiger partial charge in [-0.05, 0) is 6.92 Å². The third-order valence-electron chi connectivity index (χ3n) is 2.80. The standard InChI is InChI=1S/C10H10N2O8/c1-2-10(19,20)9(18)12(11-2)3-4(13)6(15)8(17)7(16)5(3)14/h13-17,19-20H,1H3. The van der Waals surface area contributed by atoms with E-state index in [1.807, 2.05) is 0 Å². The minimum Gasteiger partial charge on any atom is -0.503 e. The summed E-state index contributed by atoms with van der Waals surface area (Å²) in [5, 5.41) is 69.6. The molecule has 1 amide bonds. The second-order valence-corrected chi connectivity index (χ2v) is 4.07. The van der Waals surface area contributed by atoms with Crippen LogP contribution in [0.3, 0.4) is 0 Å². The van der Waals surface area contributed by atoms with Crippen molar-refractivity contribution in [2.24, 2.45) is 5.10 Å². The lowest BCUT2D eigenvalue weighted by Gasteiger charge is -2.19. The number of hydrogen-bond acceptors (Lipinski definition) is 9. The van der Waals surface area contributed by atoms with Crippen LogP contribution in [0.5, 0.6) is 28.7 Å². The molecular formula is C10H10N2O8. The Kier molecular flexibility index (Phi) is 2.66. The fraction of sp³-hybridized carbons (Fsp3) is 0.200. The molecule has 0 saturated heterocycles. The summed E-state index contributed by atoms with van der Waals surface area (Å²) in [4.78, 5) is 11.7. The van der Waals surface area contributed by atoms with Gasteiger partial charge in [-0.25, -0.2) is 0 Å². The van der Waals surface area contributed by atoms with Crippen molar-refractivity contribution >= 4 is 17.3 Å². The van der Waals surface area contributed by atoms with Gasteiger partial charge in [0.15, 0.2) is 17.2 Å². The molecule has 2 rings (SSSR count). The van der Waals surface area contributed by atoms with Crippen LogP contribution in [-0.2, 0) is 4.79 Å². The minimum atomic E-state index is -2.96. The highest BCUT2D eigenvalue weighted by Gasteiger charge is 2.49. The molecule has 108 valence electrons. The summed E-state index contributed by atoms with van der Waals surface area (Å²) < 4.78 is 0. The van der Waals surface area contributed by atoms with Crippen LogP contribution in [0, 0.1) is 0 Å². The first-order chi connectivity index (χ1) is 9.10. The molecule has 1 aliphatic heterocycles. The Bertz CT molecular complexity index is 622. The van der Waals surface area contributed by atoms with Crippen molar-refractivity contribution in [1.29, 1.82) is 0 Å². The highest BCUT2D eigenvalue weighted by molar-refractivity contribution is 6.20. The molecule has 0 aliphatic carbocycles. The third kappa shape index (κ3) is 1.52. The molecule has 10 heteroatoms. The zero-order chi connectivity index (χ0) is 15.4. The number of amides is 1. The highest BCUT2D eigenvalue weighted by Crippen LogP contribution is 2.55. The van der Waals surface area contributed by atoms with Crippen molar-refractivity contribution in [3.05, 3.63) is 0 Å². The molecule has 1 aliphatic rings. The van der Waals surface area contributed by atoms with Crippen LogP contribution in [-0.4, -0.2) is 53.2 Å². The van der Waals surface area contributed by atoms with E-state index in [2.05, 4.69) is 5.10 Å². The Balaban J connectivity index is 2.71. The van der Waals surface area contributed by atoms with Crippen LogP contribution >= 0.6 is 0 Å². The lowest BCUT2D eigenvalue weighted by atomic mass is 10.1. The predicted octanol–water partition coefficient (Wildman–Crippen LogP) is -1.38. The van der Waals surface area contributed by atoms with Crippen molar-refractivity contribution in [3.8, 4) is 28.7 Å². The maximum absolute atomic E-state index is 11.7. The lowest BCUT2D eigenvalue weighted by molar-refractivity contribution is -0.156. The fourth-order valence-electron chi connectivity index (χ4n) is 1.59. The van der Waals surface area contributed by atoms with Gasteiger partial charge in [0.1, 0.15) is 5.71 Å². The smallest absolute Gasteiger partial charge is 0.314 e. The van der Waals surface area contributed by atoms with Gasteiger partial charge >= 0.3 is 5.91 Å². The molecule has 0 bridgehead atoms. The Labute approximate surface area is 110 Å². The fourth-order valence-corrected chi connectivity index (χ4v) is 1.59. The number of phenols is 5. The number of carbonyl (C=O) groups is 1. The van der Waals surface area contributed by atoms with Gasteiger partial charge < -0.3 is 35.7 Å². The van der Waals surface area contributed by atoms with Crippen LogP contribution in [0.15, 0.2) is 5.10 Å². The number of aliphatic hydroxyl groups is 2. The normalized spacial score (nSPS) is 17.4. The number of nitrogens with zero attached hydrogens (tertiary/aromatic N) is 2. The topological polar surface area (TPSA) is 174 Å². The Morgan fingerprint density at radius 1 is 0.900 bits per heavy atom.